The van der Waals surface area contributed by atoms with Gasteiger partial charge in [0.25, 0.3) is 0 Å². The minimum Gasteiger partial charge on any atom is -0.481 e. The van der Waals surface area contributed by atoms with Crippen molar-refractivity contribution in [1.29, 1.82) is 0 Å². The highest BCUT2D eigenvalue weighted by Gasteiger charge is 2.15. The molecule has 1 heterocycles. The van der Waals surface area contributed by atoms with Crippen molar-refractivity contribution in [2.75, 3.05) is 0 Å². The summed E-state index contributed by atoms with van der Waals surface area (Å²) in [6.07, 6.45) is 0.538. The first-order valence-corrected chi connectivity index (χ1v) is 6.78. The second kappa shape index (κ2) is 5.57. The van der Waals surface area contributed by atoms with Crippen LogP contribution in [0.5, 0.6) is 0 Å². The monoisotopic (exact) mass is 322 g/mol. The SMILES string of the molecule is Cc1c(-c2cccc(Br)c2)c(CCC(=O)O)nn1C. The quantitative estimate of drug-likeness (QED) is 0.940. The van der Waals surface area contributed by atoms with E-state index in [9.17, 15) is 4.79 Å². The van der Waals surface area contributed by atoms with Gasteiger partial charge >= 0.3 is 5.97 Å². The normalized spacial score (nSPS) is 10.7. The molecule has 2 aromatic rings. The third-order valence-corrected chi connectivity index (χ3v) is 3.59. The molecular weight excluding hydrogens is 308 g/mol. The third-order valence-electron chi connectivity index (χ3n) is 3.10. The largest absolute Gasteiger partial charge is 0.481 e. The van der Waals surface area contributed by atoms with E-state index in [2.05, 4.69) is 21.0 Å². The van der Waals surface area contributed by atoms with Gasteiger partial charge in [0.05, 0.1) is 12.1 Å². The summed E-state index contributed by atoms with van der Waals surface area (Å²) in [4.78, 5) is 10.7. The second-order valence-electron chi connectivity index (χ2n) is 4.43. The van der Waals surface area contributed by atoms with Crippen LogP contribution >= 0.6 is 15.9 Å². The average Bonchev–Trinajstić information content (AvgIpc) is 2.63. The third kappa shape index (κ3) is 3.04. The zero-order chi connectivity index (χ0) is 14.0. The van der Waals surface area contributed by atoms with E-state index in [1.807, 2.05) is 38.2 Å². The number of nitrogens with zero attached hydrogens (tertiary/aromatic N) is 2. The fourth-order valence-electron chi connectivity index (χ4n) is 2.10. The molecule has 0 fully saturated rings. The van der Waals surface area contributed by atoms with Crippen LogP contribution in [0, 0.1) is 6.92 Å². The molecule has 0 saturated heterocycles. The molecule has 1 N–H and O–H groups in total. The van der Waals surface area contributed by atoms with Gasteiger partial charge in [0.2, 0.25) is 0 Å². The minimum absolute atomic E-state index is 0.0947. The lowest BCUT2D eigenvalue weighted by molar-refractivity contribution is -0.136. The lowest BCUT2D eigenvalue weighted by atomic mass is 10.0. The molecule has 0 unspecified atom stereocenters. The summed E-state index contributed by atoms with van der Waals surface area (Å²) < 4.78 is 2.80. The number of carboxylic acid groups (broad SMARTS) is 1. The molecule has 1 aromatic heterocycles. The average molecular weight is 323 g/mol. The lowest BCUT2D eigenvalue weighted by Crippen LogP contribution is -1.99. The minimum atomic E-state index is -0.802. The number of aliphatic carboxylic acids is 1. The molecule has 0 aliphatic carbocycles. The molecule has 0 atom stereocenters. The molecule has 0 radical (unpaired) electrons. The Morgan fingerprint density at radius 2 is 2.21 bits per heavy atom. The maximum absolute atomic E-state index is 10.7. The summed E-state index contributed by atoms with van der Waals surface area (Å²) in [7, 11) is 1.88. The second-order valence-corrected chi connectivity index (χ2v) is 5.35. The molecule has 0 spiro atoms. The summed E-state index contributed by atoms with van der Waals surface area (Å²) in [5.74, 6) is -0.802. The molecule has 1 aromatic carbocycles. The van der Waals surface area contributed by atoms with E-state index in [-0.39, 0.29) is 6.42 Å². The van der Waals surface area contributed by atoms with Crippen LogP contribution in [0.25, 0.3) is 11.1 Å². The molecule has 5 heteroatoms. The lowest BCUT2D eigenvalue weighted by Gasteiger charge is -2.04. The number of rotatable bonds is 4. The van der Waals surface area contributed by atoms with Gasteiger partial charge in [0, 0.05) is 29.2 Å². The Labute approximate surface area is 120 Å². The molecule has 100 valence electrons. The van der Waals surface area contributed by atoms with Crippen LogP contribution in [0.4, 0.5) is 0 Å². The Morgan fingerprint density at radius 3 is 2.84 bits per heavy atom. The van der Waals surface area contributed by atoms with E-state index in [0.717, 1.165) is 27.0 Å². The van der Waals surface area contributed by atoms with Crippen LogP contribution in [0.15, 0.2) is 28.7 Å². The topological polar surface area (TPSA) is 55.1 Å². The molecule has 19 heavy (non-hydrogen) atoms. The van der Waals surface area contributed by atoms with Gasteiger partial charge in [-0.3, -0.25) is 9.48 Å². The first kappa shape index (κ1) is 13.8. The number of hydrogen-bond acceptors (Lipinski definition) is 2. The highest BCUT2D eigenvalue weighted by Crippen LogP contribution is 2.29. The number of carboxylic acids is 1. The predicted molar refractivity (Wildman–Crippen MR) is 77.0 cm³/mol. The zero-order valence-electron chi connectivity index (χ0n) is 10.9. The van der Waals surface area contributed by atoms with Crippen molar-refractivity contribution in [2.24, 2.45) is 7.05 Å². The van der Waals surface area contributed by atoms with Crippen LogP contribution in [-0.2, 0) is 18.3 Å². The fraction of sp³-hybridized carbons (Fsp3) is 0.286. The molecular formula is C14H15BrN2O2. The Morgan fingerprint density at radius 1 is 1.47 bits per heavy atom. The van der Waals surface area contributed by atoms with Crippen LogP contribution in [0.1, 0.15) is 17.8 Å². The van der Waals surface area contributed by atoms with Gasteiger partial charge in [0.15, 0.2) is 0 Å². The van der Waals surface area contributed by atoms with Crippen molar-refractivity contribution in [2.45, 2.75) is 19.8 Å². The standard InChI is InChI=1S/C14H15BrN2O2/c1-9-14(10-4-3-5-11(15)8-10)12(16-17(9)2)6-7-13(18)19/h3-5,8H,6-7H2,1-2H3,(H,18,19). The molecule has 0 saturated carbocycles. The van der Waals surface area contributed by atoms with Crippen molar-refractivity contribution in [1.82, 2.24) is 9.78 Å². The molecule has 0 bridgehead atoms. The first-order valence-electron chi connectivity index (χ1n) is 5.99. The smallest absolute Gasteiger partial charge is 0.303 e. The van der Waals surface area contributed by atoms with Crippen LogP contribution in [-0.4, -0.2) is 20.9 Å². The number of aryl methyl sites for hydroxylation is 2. The van der Waals surface area contributed by atoms with E-state index in [1.54, 1.807) is 4.68 Å². The van der Waals surface area contributed by atoms with E-state index in [1.165, 1.54) is 0 Å². The highest BCUT2D eigenvalue weighted by atomic mass is 79.9. The van der Waals surface area contributed by atoms with Crippen molar-refractivity contribution in [3.8, 4) is 11.1 Å². The van der Waals surface area contributed by atoms with Gasteiger partial charge in [-0.15, -0.1) is 0 Å². The zero-order valence-corrected chi connectivity index (χ0v) is 12.4. The Balaban J connectivity index is 2.46. The van der Waals surface area contributed by atoms with E-state index in [0.29, 0.717) is 6.42 Å². The number of benzene rings is 1. The Bertz CT molecular complexity index is 620. The van der Waals surface area contributed by atoms with Gasteiger partial charge in [-0.2, -0.15) is 5.10 Å². The molecule has 4 nitrogen and oxygen atoms in total. The van der Waals surface area contributed by atoms with Gasteiger partial charge in [-0.05, 0) is 24.6 Å². The van der Waals surface area contributed by atoms with Crippen LogP contribution in [0.3, 0.4) is 0 Å². The summed E-state index contributed by atoms with van der Waals surface area (Å²) in [6.45, 7) is 1.99. The van der Waals surface area contributed by atoms with Gasteiger partial charge in [-0.1, -0.05) is 28.1 Å². The maximum Gasteiger partial charge on any atom is 0.303 e. The predicted octanol–water partition coefficient (Wildman–Crippen LogP) is 3.18. The molecule has 0 aliphatic heterocycles. The fourth-order valence-corrected chi connectivity index (χ4v) is 2.50. The van der Waals surface area contributed by atoms with Gasteiger partial charge in [-0.25, -0.2) is 0 Å². The first-order chi connectivity index (χ1) is 8.99. The Hall–Kier alpha value is -1.62. The summed E-state index contributed by atoms with van der Waals surface area (Å²) in [5, 5.41) is 13.2. The summed E-state index contributed by atoms with van der Waals surface area (Å²) in [6, 6.07) is 7.96. The van der Waals surface area contributed by atoms with Crippen molar-refractivity contribution in [3.63, 3.8) is 0 Å². The highest BCUT2D eigenvalue weighted by molar-refractivity contribution is 9.10. The van der Waals surface area contributed by atoms with Crippen molar-refractivity contribution in [3.05, 3.63) is 40.1 Å². The number of hydrogen-bond donors (Lipinski definition) is 1. The van der Waals surface area contributed by atoms with Crippen LogP contribution < -0.4 is 0 Å². The number of halogens is 1. The van der Waals surface area contributed by atoms with E-state index >= 15 is 0 Å². The van der Waals surface area contributed by atoms with Crippen molar-refractivity contribution >= 4 is 21.9 Å². The Kier molecular flexibility index (Phi) is 4.04. The number of aromatic nitrogens is 2. The van der Waals surface area contributed by atoms with Gasteiger partial charge in [0.1, 0.15) is 0 Å². The van der Waals surface area contributed by atoms with E-state index < -0.39 is 5.97 Å². The summed E-state index contributed by atoms with van der Waals surface area (Å²) in [5.41, 5.74) is 3.96. The molecule has 0 amide bonds. The summed E-state index contributed by atoms with van der Waals surface area (Å²) >= 11 is 3.46. The van der Waals surface area contributed by atoms with Crippen molar-refractivity contribution < 1.29 is 9.90 Å². The molecule has 0 aliphatic rings. The van der Waals surface area contributed by atoms with E-state index in [4.69, 9.17) is 5.11 Å². The number of carbonyl (C=O) groups is 1. The molecule has 2 rings (SSSR count). The van der Waals surface area contributed by atoms with Crippen LogP contribution in [0.2, 0.25) is 0 Å². The van der Waals surface area contributed by atoms with Gasteiger partial charge < -0.3 is 5.11 Å². The maximum atomic E-state index is 10.7.